The Morgan fingerprint density at radius 2 is 2.11 bits per heavy atom. The minimum Gasteiger partial charge on any atom is -0.366 e. The average molecular weight is 283 g/mol. The summed E-state index contributed by atoms with van der Waals surface area (Å²) in [5, 5.41) is 3.32. The van der Waals surface area contributed by atoms with Crippen LogP contribution in [0.1, 0.15) is 25.7 Å². The third kappa shape index (κ3) is 3.67. The normalized spacial score (nSPS) is 18.4. The van der Waals surface area contributed by atoms with E-state index < -0.39 is 9.84 Å². The molecule has 6 heteroatoms. The zero-order valence-electron chi connectivity index (χ0n) is 11.2. The molecule has 1 atom stereocenters. The van der Waals surface area contributed by atoms with E-state index in [1.807, 2.05) is 0 Å². The van der Waals surface area contributed by atoms with Gasteiger partial charge in [0, 0.05) is 25.0 Å². The lowest BCUT2D eigenvalue weighted by atomic mass is 9.98. The molecule has 1 heterocycles. The summed E-state index contributed by atoms with van der Waals surface area (Å²) < 4.78 is 22.7. The lowest BCUT2D eigenvalue weighted by molar-refractivity contribution is 0.461. The fraction of sp³-hybridized carbons (Fsp3) is 0.615. The molecule has 0 bridgehead atoms. The molecule has 1 aliphatic rings. The van der Waals surface area contributed by atoms with Crippen molar-refractivity contribution >= 4 is 15.7 Å². The third-order valence-electron chi connectivity index (χ3n) is 3.72. The van der Waals surface area contributed by atoms with Gasteiger partial charge in [-0.15, -0.1) is 0 Å². The Balaban J connectivity index is 2.05. The summed E-state index contributed by atoms with van der Waals surface area (Å²) in [7, 11) is -3.18. The molecule has 106 valence electrons. The summed E-state index contributed by atoms with van der Waals surface area (Å²) in [6.07, 6.45) is 7.51. The van der Waals surface area contributed by atoms with Crippen LogP contribution in [0.3, 0.4) is 0 Å². The third-order valence-corrected chi connectivity index (χ3v) is 4.82. The molecule has 1 aromatic heterocycles. The van der Waals surface area contributed by atoms with Gasteiger partial charge in [-0.2, -0.15) is 0 Å². The van der Waals surface area contributed by atoms with Gasteiger partial charge in [0.1, 0.15) is 5.82 Å². The minimum atomic E-state index is -3.18. The van der Waals surface area contributed by atoms with Gasteiger partial charge in [0.05, 0.1) is 4.90 Å². The van der Waals surface area contributed by atoms with E-state index in [9.17, 15) is 8.42 Å². The molecule has 19 heavy (non-hydrogen) atoms. The predicted octanol–water partition coefficient (Wildman–Crippen LogP) is 1.41. The summed E-state index contributed by atoms with van der Waals surface area (Å²) in [6, 6.07) is 3.50. The summed E-state index contributed by atoms with van der Waals surface area (Å²) in [6.45, 7) is 0.570. The monoisotopic (exact) mass is 283 g/mol. The molecule has 0 amide bonds. The van der Waals surface area contributed by atoms with Crippen molar-refractivity contribution < 1.29 is 8.42 Å². The van der Waals surface area contributed by atoms with Crippen LogP contribution in [0.25, 0.3) is 0 Å². The van der Waals surface area contributed by atoms with Crippen molar-refractivity contribution in [2.24, 2.45) is 11.7 Å². The first-order valence-corrected chi connectivity index (χ1v) is 8.52. The number of rotatable bonds is 5. The van der Waals surface area contributed by atoms with E-state index in [1.165, 1.54) is 38.1 Å². The fourth-order valence-electron chi connectivity index (χ4n) is 2.60. The highest BCUT2D eigenvalue weighted by molar-refractivity contribution is 7.90. The Morgan fingerprint density at radius 3 is 2.58 bits per heavy atom. The highest BCUT2D eigenvalue weighted by Crippen LogP contribution is 2.28. The first kappa shape index (κ1) is 14.3. The van der Waals surface area contributed by atoms with Gasteiger partial charge in [-0.25, -0.2) is 13.4 Å². The van der Waals surface area contributed by atoms with Crippen LogP contribution in [0, 0.1) is 5.92 Å². The second kappa shape index (κ2) is 5.88. The highest BCUT2D eigenvalue weighted by Gasteiger charge is 2.24. The van der Waals surface area contributed by atoms with Crippen LogP contribution in [0.15, 0.2) is 23.2 Å². The predicted molar refractivity (Wildman–Crippen MR) is 75.8 cm³/mol. The van der Waals surface area contributed by atoms with Crippen molar-refractivity contribution in [3.63, 3.8) is 0 Å². The van der Waals surface area contributed by atoms with E-state index in [1.54, 1.807) is 12.1 Å². The Bertz CT molecular complexity index is 507. The number of hydrogen-bond acceptors (Lipinski definition) is 5. The highest BCUT2D eigenvalue weighted by atomic mass is 32.2. The SMILES string of the molecule is CS(=O)(=O)c1ccc(NC(CN)C2CCCC2)nc1. The van der Waals surface area contributed by atoms with Crippen LogP contribution in [0.4, 0.5) is 5.82 Å². The smallest absolute Gasteiger partial charge is 0.177 e. The zero-order chi connectivity index (χ0) is 13.9. The number of sulfone groups is 1. The summed E-state index contributed by atoms with van der Waals surface area (Å²) in [5.74, 6) is 1.29. The van der Waals surface area contributed by atoms with Crippen LogP contribution in [0.5, 0.6) is 0 Å². The van der Waals surface area contributed by atoms with E-state index in [2.05, 4.69) is 10.3 Å². The number of pyridine rings is 1. The summed E-state index contributed by atoms with van der Waals surface area (Å²) in [4.78, 5) is 4.40. The maximum absolute atomic E-state index is 11.4. The van der Waals surface area contributed by atoms with E-state index >= 15 is 0 Å². The molecule has 0 aromatic carbocycles. The molecule has 1 fully saturated rings. The number of aromatic nitrogens is 1. The Kier molecular flexibility index (Phi) is 4.42. The average Bonchev–Trinajstić information content (AvgIpc) is 2.89. The van der Waals surface area contributed by atoms with Crippen LogP contribution in [-0.2, 0) is 9.84 Å². The lowest BCUT2D eigenvalue weighted by Crippen LogP contribution is -2.35. The maximum Gasteiger partial charge on any atom is 0.177 e. The number of hydrogen-bond donors (Lipinski definition) is 2. The molecule has 1 aliphatic carbocycles. The Hall–Kier alpha value is -1.14. The first-order chi connectivity index (χ1) is 9.00. The van der Waals surface area contributed by atoms with E-state index in [0.717, 1.165) is 0 Å². The van der Waals surface area contributed by atoms with Crippen LogP contribution in [-0.4, -0.2) is 32.2 Å². The number of nitrogens with zero attached hydrogens (tertiary/aromatic N) is 1. The van der Waals surface area contributed by atoms with E-state index in [4.69, 9.17) is 5.73 Å². The van der Waals surface area contributed by atoms with Gasteiger partial charge >= 0.3 is 0 Å². The largest absolute Gasteiger partial charge is 0.366 e. The Labute approximate surface area is 114 Å². The van der Waals surface area contributed by atoms with Crippen molar-refractivity contribution in [1.29, 1.82) is 0 Å². The van der Waals surface area contributed by atoms with Gasteiger partial charge in [0.15, 0.2) is 9.84 Å². The molecule has 1 unspecified atom stereocenters. The molecule has 0 radical (unpaired) electrons. The minimum absolute atomic E-state index is 0.221. The number of anilines is 1. The molecule has 0 spiro atoms. The van der Waals surface area contributed by atoms with Gasteiger partial charge in [0.2, 0.25) is 0 Å². The Morgan fingerprint density at radius 1 is 1.42 bits per heavy atom. The second-order valence-corrected chi connectivity index (χ2v) is 7.20. The van der Waals surface area contributed by atoms with Crippen molar-refractivity contribution in [2.75, 3.05) is 18.1 Å². The summed E-state index contributed by atoms with van der Waals surface area (Å²) >= 11 is 0. The molecule has 5 nitrogen and oxygen atoms in total. The molecule has 2 rings (SSSR count). The summed E-state index contributed by atoms with van der Waals surface area (Å²) in [5.41, 5.74) is 5.81. The van der Waals surface area contributed by atoms with Crippen LogP contribution in [0.2, 0.25) is 0 Å². The molecule has 1 aromatic rings. The molecule has 1 saturated carbocycles. The van der Waals surface area contributed by atoms with Crippen molar-refractivity contribution in [3.8, 4) is 0 Å². The van der Waals surface area contributed by atoms with Crippen molar-refractivity contribution in [3.05, 3.63) is 18.3 Å². The molecular formula is C13H21N3O2S. The van der Waals surface area contributed by atoms with Gasteiger partial charge in [-0.05, 0) is 30.9 Å². The van der Waals surface area contributed by atoms with Gasteiger partial charge in [0.25, 0.3) is 0 Å². The number of nitrogens with one attached hydrogen (secondary N) is 1. The quantitative estimate of drug-likeness (QED) is 0.853. The van der Waals surface area contributed by atoms with E-state index in [-0.39, 0.29) is 10.9 Å². The van der Waals surface area contributed by atoms with Gasteiger partial charge < -0.3 is 11.1 Å². The molecule has 3 N–H and O–H groups in total. The molecular weight excluding hydrogens is 262 g/mol. The maximum atomic E-state index is 11.4. The standard InChI is InChI=1S/C13H21N3O2S/c1-19(17,18)11-6-7-13(15-9-11)16-12(8-14)10-4-2-3-5-10/h6-7,9-10,12H,2-5,8,14H2,1H3,(H,15,16). The van der Waals surface area contributed by atoms with Crippen LogP contribution >= 0.6 is 0 Å². The topological polar surface area (TPSA) is 85.1 Å². The van der Waals surface area contributed by atoms with Crippen molar-refractivity contribution in [1.82, 2.24) is 4.98 Å². The second-order valence-electron chi connectivity index (χ2n) is 5.18. The first-order valence-electron chi connectivity index (χ1n) is 6.63. The van der Waals surface area contributed by atoms with Gasteiger partial charge in [-0.3, -0.25) is 0 Å². The van der Waals surface area contributed by atoms with Crippen LogP contribution < -0.4 is 11.1 Å². The molecule has 0 saturated heterocycles. The zero-order valence-corrected chi connectivity index (χ0v) is 12.0. The van der Waals surface area contributed by atoms with Gasteiger partial charge in [-0.1, -0.05) is 12.8 Å². The lowest BCUT2D eigenvalue weighted by Gasteiger charge is -2.23. The number of nitrogens with two attached hydrogens (primary N) is 1. The fourth-order valence-corrected chi connectivity index (χ4v) is 3.16. The van der Waals surface area contributed by atoms with E-state index in [0.29, 0.717) is 18.3 Å². The van der Waals surface area contributed by atoms with Crippen molar-refractivity contribution in [2.45, 2.75) is 36.6 Å². The molecule has 0 aliphatic heterocycles.